The molecule has 6 heteroatoms. The first-order valence-corrected chi connectivity index (χ1v) is 8.61. The zero-order chi connectivity index (χ0) is 17.8. The van der Waals surface area contributed by atoms with Gasteiger partial charge in [0.25, 0.3) is 5.91 Å². The van der Waals surface area contributed by atoms with Crippen LogP contribution in [0.3, 0.4) is 0 Å². The number of nitrogens with one attached hydrogen (secondary N) is 1. The van der Waals surface area contributed by atoms with Crippen molar-refractivity contribution in [3.05, 3.63) is 35.6 Å². The van der Waals surface area contributed by atoms with Gasteiger partial charge in [-0.3, -0.25) is 4.79 Å². The van der Waals surface area contributed by atoms with Gasteiger partial charge in [-0.2, -0.15) is 0 Å². The quantitative estimate of drug-likeness (QED) is 0.814. The van der Waals surface area contributed by atoms with E-state index >= 15 is 0 Å². The minimum atomic E-state index is -0.878. The first kappa shape index (κ1) is 17.5. The van der Waals surface area contributed by atoms with Crippen LogP contribution in [0.2, 0.25) is 0 Å². The van der Waals surface area contributed by atoms with Crippen molar-refractivity contribution >= 4 is 22.8 Å². The molecule has 3 rings (SSSR count). The Balaban J connectivity index is 1.72. The molecule has 1 aliphatic carbocycles. The first-order valence-electron chi connectivity index (χ1n) is 8.61. The predicted molar refractivity (Wildman–Crippen MR) is 92.2 cm³/mol. The smallest absolute Gasteiger partial charge is 0.375 e. The summed E-state index contributed by atoms with van der Waals surface area (Å²) in [6, 6.07) is 7.52. The zero-order valence-electron chi connectivity index (χ0n) is 14.5. The second kappa shape index (κ2) is 7.70. The summed E-state index contributed by atoms with van der Waals surface area (Å²) < 4.78 is 16.1. The fraction of sp³-hybridized carbons (Fsp3) is 0.474. The lowest BCUT2D eigenvalue weighted by Gasteiger charge is -2.16. The molecular weight excluding hydrogens is 322 g/mol. The molecule has 1 fully saturated rings. The molecule has 1 aliphatic rings. The van der Waals surface area contributed by atoms with E-state index in [2.05, 4.69) is 5.32 Å². The number of amides is 1. The van der Waals surface area contributed by atoms with Crippen LogP contribution in [0.5, 0.6) is 0 Å². The number of rotatable bonds is 6. The summed E-state index contributed by atoms with van der Waals surface area (Å²) in [7, 11) is 1.55. The highest BCUT2D eigenvalue weighted by molar-refractivity contribution is 5.97. The molecule has 0 spiro atoms. The van der Waals surface area contributed by atoms with Crippen LogP contribution in [0.15, 0.2) is 28.7 Å². The molecule has 1 atom stereocenters. The molecule has 1 N–H and O–H groups in total. The molecule has 0 saturated heterocycles. The number of ether oxygens (including phenoxy) is 2. The second-order valence-corrected chi connectivity index (χ2v) is 6.38. The van der Waals surface area contributed by atoms with Crippen molar-refractivity contribution in [3.8, 4) is 0 Å². The normalized spacial score (nSPS) is 16.1. The Kier molecular flexibility index (Phi) is 5.38. The summed E-state index contributed by atoms with van der Waals surface area (Å²) in [6.07, 6.45) is 3.33. The molecule has 25 heavy (non-hydrogen) atoms. The van der Waals surface area contributed by atoms with Gasteiger partial charge < -0.3 is 19.2 Å². The number of methoxy groups -OCH3 is 1. The van der Waals surface area contributed by atoms with Crippen LogP contribution in [0.1, 0.15) is 48.7 Å². The fourth-order valence-electron chi connectivity index (χ4n) is 3.21. The molecule has 0 aliphatic heterocycles. The van der Waals surface area contributed by atoms with Crippen molar-refractivity contribution < 1.29 is 23.5 Å². The molecule has 6 nitrogen and oxygen atoms in total. The van der Waals surface area contributed by atoms with Gasteiger partial charge in [0.1, 0.15) is 5.58 Å². The largest absolute Gasteiger partial charge is 0.449 e. The molecular formula is C19H23NO5. The van der Waals surface area contributed by atoms with E-state index < -0.39 is 12.1 Å². The Bertz CT molecular complexity index is 760. The van der Waals surface area contributed by atoms with E-state index in [0.29, 0.717) is 11.1 Å². The van der Waals surface area contributed by atoms with E-state index in [-0.39, 0.29) is 24.3 Å². The Morgan fingerprint density at radius 1 is 1.28 bits per heavy atom. The van der Waals surface area contributed by atoms with Crippen LogP contribution in [0.4, 0.5) is 0 Å². The number of furan rings is 1. The minimum absolute atomic E-state index is 0.0866. The van der Waals surface area contributed by atoms with Gasteiger partial charge in [0.15, 0.2) is 6.10 Å². The third-order valence-corrected chi connectivity index (χ3v) is 4.53. The third kappa shape index (κ3) is 3.85. The Morgan fingerprint density at radius 2 is 2.00 bits per heavy atom. The van der Waals surface area contributed by atoms with Gasteiger partial charge in [-0.25, -0.2) is 4.79 Å². The van der Waals surface area contributed by atoms with Crippen LogP contribution in [0.25, 0.3) is 11.0 Å². The molecule has 1 saturated carbocycles. The molecule has 1 heterocycles. The number of para-hydroxylation sites is 1. The average Bonchev–Trinajstić information content (AvgIpc) is 3.23. The number of fused-ring (bicyclic) bond motifs is 1. The highest BCUT2D eigenvalue weighted by Gasteiger charge is 2.27. The van der Waals surface area contributed by atoms with Crippen LogP contribution in [-0.2, 0) is 20.9 Å². The fourth-order valence-corrected chi connectivity index (χ4v) is 3.21. The van der Waals surface area contributed by atoms with Gasteiger partial charge in [0.05, 0.1) is 6.61 Å². The minimum Gasteiger partial charge on any atom is -0.449 e. The molecule has 134 valence electrons. The Labute approximate surface area is 146 Å². The molecule has 0 radical (unpaired) electrons. The average molecular weight is 345 g/mol. The van der Waals surface area contributed by atoms with E-state index in [1.165, 1.54) is 0 Å². The number of carbonyl (C=O) groups excluding carboxylic acids is 2. The predicted octanol–water partition coefficient (Wildman–Crippen LogP) is 3.18. The summed E-state index contributed by atoms with van der Waals surface area (Å²) in [5.74, 6) is -0.842. The Hall–Kier alpha value is -2.34. The Morgan fingerprint density at radius 3 is 2.72 bits per heavy atom. The number of carbonyl (C=O) groups is 2. The lowest BCUT2D eigenvalue weighted by molar-refractivity contribution is -0.129. The molecule has 1 amide bonds. The van der Waals surface area contributed by atoms with E-state index in [1.807, 2.05) is 18.2 Å². The molecule has 0 unspecified atom stereocenters. The van der Waals surface area contributed by atoms with Crippen molar-refractivity contribution in [1.82, 2.24) is 5.32 Å². The van der Waals surface area contributed by atoms with Crippen LogP contribution >= 0.6 is 0 Å². The van der Waals surface area contributed by atoms with Crippen molar-refractivity contribution in [2.24, 2.45) is 0 Å². The number of benzene rings is 1. The lowest BCUT2D eigenvalue weighted by atomic mass is 10.1. The topological polar surface area (TPSA) is 77.8 Å². The van der Waals surface area contributed by atoms with Crippen LogP contribution in [-0.4, -0.2) is 31.1 Å². The third-order valence-electron chi connectivity index (χ3n) is 4.53. The monoisotopic (exact) mass is 345 g/mol. The van der Waals surface area contributed by atoms with Crippen molar-refractivity contribution in [3.63, 3.8) is 0 Å². The van der Waals surface area contributed by atoms with Gasteiger partial charge >= 0.3 is 5.97 Å². The second-order valence-electron chi connectivity index (χ2n) is 6.38. The van der Waals surface area contributed by atoms with E-state index in [4.69, 9.17) is 13.9 Å². The van der Waals surface area contributed by atoms with Crippen molar-refractivity contribution in [2.75, 3.05) is 7.11 Å². The number of esters is 1. The molecule has 1 aromatic heterocycles. The molecule has 2 aromatic rings. The summed E-state index contributed by atoms with van der Waals surface area (Å²) in [4.78, 5) is 24.7. The van der Waals surface area contributed by atoms with E-state index in [9.17, 15) is 9.59 Å². The maximum atomic E-state index is 12.5. The molecule has 1 aromatic carbocycles. The summed E-state index contributed by atoms with van der Waals surface area (Å²) in [6.45, 7) is 1.80. The molecule has 0 bridgehead atoms. The summed E-state index contributed by atoms with van der Waals surface area (Å²) in [5.41, 5.74) is 1.22. The van der Waals surface area contributed by atoms with Gasteiger partial charge in [-0.1, -0.05) is 31.0 Å². The van der Waals surface area contributed by atoms with Gasteiger partial charge in [0, 0.05) is 24.1 Å². The number of hydrogen-bond donors (Lipinski definition) is 1. The maximum absolute atomic E-state index is 12.5. The van der Waals surface area contributed by atoms with Crippen molar-refractivity contribution in [1.29, 1.82) is 0 Å². The van der Waals surface area contributed by atoms with Gasteiger partial charge in [-0.15, -0.1) is 0 Å². The lowest BCUT2D eigenvalue weighted by Crippen LogP contribution is -2.40. The summed E-state index contributed by atoms with van der Waals surface area (Å²) in [5, 5.41) is 3.74. The van der Waals surface area contributed by atoms with E-state index in [0.717, 1.165) is 31.1 Å². The van der Waals surface area contributed by atoms with Gasteiger partial charge in [0.2, 0.25) is 5.76 Å². The maximum Gasteiger partial charge on any atom is 0.375 e. The van der Waals surface area contributed by atoms with Gasteiger partial charge in [-0.05, 0) is 25.8 Å². The SMILES string of the molecule is COCc1c(C(=O)O[C@H](C)C(=O)NC2CCCC2)oc2ccccc12. The van der Waals surface area contributed by atoms with Crippen LogP contribution in [0, 0.1) is 0 Å². The first-order chi connectivity index (χ1) is 12.1. The summed E-state index contributed by atoms with van der Waals surface area (Å²) >= 11 is 0. The standard InChI is InChI=1S/C19H23NO5/c1-12(18(21)20-13-7-3-4-8-13)24-19(22)17-15(11-23-2)14-9-5-6-10-16(14)25-17/h5-6,9-10,12-13H,3-4,7-8,11H2,1-2H3,(H,20,21)/t12-/m1/s1. The van der Waals surface area contributed by atoms with Crippen LogP contribution < -0.4 is 5.32 Å². The zero-order valence-corrected chi connectivity index (χ0v) is 14.5. The highest BCUT2D eigenvalue weighted by atomic mass is 16.6. The highest BCUT2D eigenvalue weighted by Crippen LogP contribution is 2.27. The van der Waals surface area contributed by atoms with E-state index in [1.54, 1.807) is 20.1 Å². The van der Waals surface area contributed by atoms with Crippen molar-refractivity contribution in [2.45, 2.75) is 51.4 Å². The number of hydrogen-bond acceptors (Lipinski definition) is 5.